The molecule has 1 saturated heterocycles. The second-order valence-corrected chi connectivity index (χ2v) is 5.89. The van der Waals surface area contributed by atoms with Gasteiger partial charge in [0.1, 0.15) is 16.9 Å². The van der Waals surface area contributed by atoms with Crippen molar-refractivity contribution >= 4 is 6.09 Å². The van der Waals surface area contributed by atoms with Crippen LogP contribution in [-0.2, 0) is 10.3 Å². The van der Waals surface area contributed by atoms with Gasteiger partial charge in [-0.15, -0.1) is 0 Å². The second kappa shape index (κ2) is 4.80. The summed E-state index contributed by atoms with van der Waals surface area (Å²) in [7, 11) is 0. The van der Waals surface area contributed by atoms with Crippen molar-refractivity contribution in [2.45, 2.75) is 44.8 Å². The van der Waals surface area contributed by atoms with Crippen molar-refractivity contribution in [1.29, 1.82) is 0 Å². The number of hydrogen-bond donors (Lipinski definition) is 2. The summed E-state index contributed by atoms with van der Waals surface area (Å²) >= 11 is 0. The van der Waals surface area contributed by atoms with Gasteiger partial charge in [-0.25, -0.2) is 4.79 Å². The van der Waals surface area contributed by atoms with Gasteiger partial charge in [-0.2, -0.15) is 15.4 Å². The topological polar surface area (TPSA) is 91.3 Å². The van der Waals surface area contributed by atoms with Gasteiger partial charge >= 0.3 is 6.09 Å². The number of amides is 1. The number of aromatic amines is 1. The van der Waals surface area contributed by atoms with Crippen molar-refractivity contribution in [2.24, 2.45) is 0 Å². The Labute approximate surface area is 111 Å². The Morgan fingerprint density at radius 1 is 1.58 bits per heavy atom. The number of aliphatic hydroxyl groups is 1. The Morgan fingerprint density at radius 3 is 2.89 bits per heavy atom. The number of H-pyrrole nitrogens is 1. The average molecular weight is 268 g/mol. The largest absolute Gasteiger partial charge is 0.444 e. The minimum atomic E-state index is -1.15. The highest BCUT2D eigenvalue weighted by atomic mass is 16.6. The van der Waals surface area contributed by atoms with Gasteiger partial charge in [-0.05, 0) is 33.6 Å². The van der Waals surface area contributed by atoms with E-state index in [1.165, 1.54) is 11.1 Å². The lowest BCUT2D eigenvalue weighted by Gasteiger charge is -2.38. The summed E-state index contributed by atoms with van der Waals surface area (Å²) in [6, 6.07) is 0. The minimum absolute atomic E-state index is 0.175. The third-order valence-corrected chi connectivity index (χ3v) is 3.01. The van der Waals surface area contributed by atoms with Crippen LogP contribution in [-0.4, -0.2) is 50.2 Å². The Bertz CT molecular complexity index is 440. The fourth-order valence-electron chi connectivity index (χ4n) is 2.15. The van der Waals surface area contributed by atoms with Gasteiger partial charge in [0, 0.05) is 6.54 Å². The monoisotopic (exact) mass is 268 g/mol. The van der Waals surface area contributed by atoms with Crippen molar-refractivity contribution < 1.29 is 14.6 Å². The number of hydrogen-bond acceptors (Lipinski definition) is 5. The molecule has 0 aromatic carbocycles. The smallest absolute Gasteiger partial charge is 0.410 e. The van der Waals surface area contributed by atoms with E-state index in [1.807, 2.05) is 20.8 Å². The number of nitrogens with zero attached hydrogens (tertiary/aromatic N) is 3. The summed E-state index contributed by atoms with van der Waals surface area (Å²) in [6.07, 6.45) is 2.33. The van der Waals surface area contributed by atoms with Gasteiger partial charge in [-0.1, -0.05) is 0 Å². The molecule has 2 heterocycles. The van der Waals surface area contributed by atoms with Gasteiger partial charge in [-0.3, -0.25) is 0 Å². The number of carbonyl (C=O) groups is 1. The number of aromatic nitrogens is 3. The summed E-state index contributed by atoms with van der Waals surface area (Å²) in [5.74, 6) is 0. The summed E-state index contributed by atoms with van der Waals surface area (Å²) in [4.78, 5) is 13.5. The molecule has 19 heavy (non-hydrogen) atoms. The Balaban J connectivity index is 2.07. The van der Waals surface area contributed by atoms with Crippen LogP contribution < -0.4 is 0 Å². The van der Waals surface area contributed by atoms with E-state index >= 15 is 0 Å². The molecule has 2 N–H and O–H groups in total. The van der Waals surface area contributed by atoms with E-state index in [2.05, 4.69) is 15.4 Å². The molecule has 0 aliphatic carbocycles. The normalized spacial score (nSPS) is 24.3. The molecule has 1 aromatic heterocycles. The van der Waals surface area contributed by atoms with Crippen LogP contribution in [0.5, 0.6) is 0 Å². The zero-order chi connectivity index (χ0) is 14.1. The molecule has 0 radical (unpaired) electrons. The molecule has 1 aromatic rings. The molecular weight excluding hydrogens is 248 g/mol. The first-order valence-corrected chi connectivity index (χ1v) is 6.37. The lowest BCUT2D eigenvalue weighted by atomic mass is 9.90. The van der Waals surface area contributed by atoms with E-state index < -0.39 is 17.3 Å². The van der Waals surface area contributed by atoms with Crippen molar-refractivity contribution in [3.8, 4) is 0 Å². The first-order chi connectivity index (χ1) is 8.80. The third-order valence-electron chi connectivity index (χ3n) is 3.01. The number of ether oxygens (including phenoxy) is 1. The Hall–Kier alpha value is -1.63. The number of carbonyl (C=O) groups excluding carboxylic acids is 1. The zero-order valence-corrected chi connectivity index (χ0v) is 11.5. The van der Waals surface area contributed by atoms with Crippen LogP contribution in [0.15, 0.2) is 6.20 Å². The highest BCUT2D eigenvalue weighted by Crippen LogP contribution is 2.30. The van der Waals surface area contributed by atoms with Crippen molar-refractivity contribution in [3.05, 3.63) is 11.9 Å². The highest BCUT2D eigenvalue weighted by molar-refractivity contribution is 5.68. The van der Waals surface area contributed by atoms with Crippen molar-refractivity contribution in [2.75, 3.05) is 13.1 Å². The third kappa shape index (κ3) is 3.23. The molecule has 0 spiro atoms. The van der Waals surface area contributed by atoms with Crippen molar-refractivity contribution in [3.63, 3.8) is 0 Å². The van der Waals surface area contributed by atoms with E-state index in [1.54, 1.807) is 0 Å². The molecule has 1 aliphatic rings. The fourth-order valence-corrected chi connectivity index (χ4v) is 2.15. The zero-order valence-electron chi connectivity index (χ0n) is 11.5. The number of nitrogens with one attached hydrogen (secondary N) is 1. The number of rotatable bonds is 1. The van der Waals surface area contributed by atoms with E-state index in [9.17, 15) is 9.90 Å². The van der Waals surface area contributed by atoms with Gasteiger partial charge in [0.25, 0.3) is 0 Å². The lowest BCUT2D eigenvalue weighted by molar-refractivity contribution is -0.0489. The maximum atomic E-state index is 12.0. The summed E-state index contributed by atoms with van der Waals surface area (Å²) < 4.78 is 5.32. The van der Waals surface area contributed by atoms with Crippen LogP contribution in [0.4, 0.5) is 4.79 Å². The lowest BCUT2D eigenvalue weighted by Crippen LogP contribution is -2.50. The Morgan fingerprint density at radius 2 is 2.32 bits per heavy atom. The predicted molar refractivity (Wildman–Crippen MR) is 67.3 cm³/mol. The van der Waals surface area contributed by atoms with Crippen LogP contribution in [0.2, 0.25) is 0 Å². The van der Waals surface area contributed by atoms with Gasteiger partial charge in [0.2, 0.25) is 0 Å². The predicted octanol–water partition coefficient (Wildman–Crippen LogP) is 1.02. The van der Waals surface area contributed by atoms with E-state index in [0.29, 0.717) is 25.1 Å². The maximum Gasteiger partial charge on any atom is 0.410 e. The van der Waals surface area contributed by atoms with E-state index in [-0.39, 0.29) is 6.54 Å². The molecule has 1 unspecified atom stereocenters. The first kappa shape index (κ1) is 13.8. The average Bonchev–Trinajstić information content (AvgIpc) is 2.80. The molecule has 1 aliphatic heterocycles. The van der Waals surface area contributed by atoms with Gasteiger partial charge in [0.05, 0.1) is 12.7 Å². The summed E-state index contributed by atoms with van der Waals surface area (Å²) in [5.41, 5.74) is -1.23. The molecule has 7 heteroatoms. The molecular formula is C12H20N4O3. The van der Waals surface area contributed by atoms with Crippen molar-refractivity contribution in [1.82, 2.24) is 20.3 Å². The fraction of sp³-hybridized carbons (Fsp3) is 0.750. The molecule has 0 bridgehead atoms. The van der Waals surface area contributed by atoms with Crippen LogP contribution in [0.1, 0.15) is 39.3 Å². The van der Waals surface area contributed by atoms with Crippen LogP contribution in [0, 0.1) is 0 Å². The number of piperidine rings is 1. The van der Waals surface area contributed by atoms with Crippen LogP contribution in [0.3, 0.4) is 0 Å². The second-order valence-electron chi connectivity index (χ2n) is 5.89. The SMILES string of the molecule is CC(C)(C)OC(=O)N1CCCC(O)(c2cn[nH]n2)C1. The quantitative estimate of drug-likeness (QED) is 0.793. The molecule has 1 atom stereocenters. The molecule has 106 valence electrons. The van der Waals surface area contributed by atoms with Gasteiger partial charge in [0.15, 0.2) is 0 Å². The van der Waals surface area contributed by atoms with E-state index in [4.69, 9.17) is 4.74 Å². The first-order valence-electron chi connectivity index (χ1n) is 6.37. The molecule has 2 rings (SSSR count). The number of β-amino-alcohol motifs (C(OH)–C–C–N with tert-alkyl or cyclic N) is 1. The maximum absolute atomic E-state index is 12.0. The summed E-state index contributed by atoms with van der Waals surface area (Å²) in [6.45, 7) is 6.21. The van der Waals surface area contributed by atoms with Crippen LogP contribution in [0.25, 0.3) is 0 Å². The molecule has 1 amide bonds. The molecule has 7 nitrogen and oxygen atoms in total. The summed E-state index contributed by atoms with van der Waals surface area (Å²) in [5, 5.41) is 20.7. The van der Waals surface area contributed by atoms with E-state index in [0.717, 1.165) is 0 Å². The minimum Gasteiger partial charge on any atom is -0.444 e. The molecule has 0 saturated carbocycles. The highest BCUT2D eigenvalue weighted by Gasteiger charge is 2.39. The standard InChI is InChI=1S/C12H20N4O3/c1-11(2,3)19-10(17)16-6-4-5-12(18,8-16)9-7-13-15-14-9/h7,18H,4-6,8H2,1-3H3,(H,13,14,15). The molecule has 1 fully saturated rings. The van der Waals surface area contributed by atoms with Gasteiger partial charge < -0.3 is 14.7 Å². The number of likely N-dealkylation sites (tertiary alicyclic amines) is 1. The van der Waals surface area contributed by atoms with Crippen LogP contribution >= 0.6 is 0 Å². The Kier molecular flexibility index (Phi) is 3.49.